The molecule has 0 aliphatic carbocycles. The fraction of sp³-hybridized carbons (Fsp3) is 0.222. The number of aryl methyl sites for hydroxylation is 2. The molecule has 0 atom stereocenters. The third-order valence-corrected chi connectivity index (χ3v) is 3.26. The minimum absolute atomic E-state index is 0.352. The van der Waals surface area contributed by atoms with Crippen LogP contribution in [0, 0.1) is 25.7 Å². The largest absolute Gasteiger partial charge is 0.489 e. The second kappa shape index (κ2) is 7.03. The number of ether oxygens (including phenoxy) is 1. The SMILES string of the molecule is Cc1ccc(COc2ccc(C#CCCl)cc2)cc1C. The van der Waals surface area contributed by atoms with Crippen molar-refractivity contribution in [2.75, 3.05) is 5.88 Å². The fourth-order valence-electron chi connectivity index (χ4n) is 1.83. The molecule has 0 saturated carbocycles. The fourth-order valence-corrected chi connectivity index (χ4v) is 1.90. The third-order valence-electron chi connectivity index (χ3n) is 3.13. The summed E-state index contributed by atoms with van der Waals surface area (Å²) in [5.74, 6) is 7.00. The van der Waals surface area contributed by atoms with Crippen molar-refractivity contribution in [3.8, 4) is 17.6 Å². The van der Waals surface area contributed by atoms with Gasteiger partial charge in [-0.3, -0.25) is 0 Å². The average Bonchev–Trinajstić information content (AvgIpc) is 2.47. The molecule has 0 aromatic heterocycles. The van der Waals surface area contributed by atoms with Gasteiger partial charge in [0.25, 0.3) is 0 Å². The summed E-state index contributed by atoms with van der Waals surface area (Å²) in [6.45, 7) is 4.80. The van der Waals surface area contributed by atoms with Gasteiger partial charge in [0, 0.05) is 5.56 Å². The summed E-state index contributed by atoms with van der Waals surface area (Å²) in [5, 5.41) is 0. The van der Waals surface area contributed by atoms with E-state index in [1.165, 1.54) is 16.7 Å². The van der Waals surface area contributed by atoms with E-state index >= 15 is 0 Å². The lowest BCUT2D eigenvalue weighted by Crippen LogP contribution is -1.96. The molecule has 0 heterocycles. The average molecular weight is 285 g/mol. The number of hydrogen-bond acceptors (Lipinski definition) is 1. The van der Waals surface area contributed by atoms with Gasteiger partial charge in [0.15, 0.2) is 0 Å². The molecule has 0 aliphatic heterocycles. The summed E-state index contributed by atoms with van der Waals surface area (Å²) in [7, 11) is 0. The van der Waals surface area contributed by atoms with E-state index in [0.717, 1.165) is 11.3 Å². The van der Waals surface area contributed by atoms with Crippen molar-refractivity contribution in [3.63, 3.8) is 0 Å². The zero-order valence-corrected chi connectivity index (χ0v) is 12.5. The highest BCUT2D eigenvalue weighted by atomic mass is 35.5. The molecule has 0 saturated heterocycles. The maximum Gasteiger partial charge on any atom is 0.119 e. The van der Waals surface area contributed by atoms with Gasteiger partial charge in [-0.25, -0.2) is 0 Å². The van der Waals surface area contributed by atoms with Crippen LogP contribution in [0.3, 0.4) is 0 Å². The van der Waals surface area contributed by atoms with Crippen molar-refractivity contribution < 1.29 is 4.74 Å². The molecule has 0 N–H and O–H groups in total. The van der Waals surface area contributed by atoms with Gasteiger partial charge >= 0.3 is 0 Å². The Kier molecular flexibility index (Phi) is 5.09. The Morgan fingerprint density at radius 1 is 1.00 bits per heavy atom. The number of halogens is 1. The van der Waals surface area contributed by atoms with Crippen LogP contribution in [0.25, 0.3) is 0 Å². The van der Waals surface area contributed by atoms with E-state index in [-0.39, 0.29) is 0 Å². The second-order valence-corrected chi connectivity index (χ2v) is 4.93. The number of rotatable bonds is 3. The van der Waals surface area contributed by atoms with E-state index in [2.05, 4.69) is 43.9 Å². The summed E-state index contributed by atoms with van der Waals surface area (Å²) < 4.78 is 5.77. The van der Waals surface area contributed by atoms with Crippen LogP contribution in [0.1, 0.15) is 22.3 Å². The molecule has 2 heteroatoms. The second-order valence-electron chi connectivity index (χ2n) is 4.67. The van der Waals surface area contributed by atoms with Crippen molar-refractivity contribution >= 4 is 11.6 Å². The molecule has 0 aliphatic rings. The Morgan fingerprint density at radius 3 is 2.40 bits per heavy atom. The highest BCUT2D eigenvalue weighted by Gasteiger charge is 1.98. The zero-order valence-electron chi connectivity index (χ0n) is 11.7. The molecule has 2 aromatic rings. The summed E-state index contributed by atoms with van der Waals surface area (Å²) in [6, 6.07) is 14.1. The molecule has 0 unspecified atom stereocenters. The first-order valence-electron chi connectivity index (χ1n) is 6.53. The van der Waals surface area contributed by atoms with Gasteiger partial charge in [0.2, 0.25) is 0 Å². The van der Waals surface area contributed by atoms with Gasteiger partial charge in [-0.05, 0) is 54.8 Å². The van der Waals surface area contributed by atoms with Crippen molar-refractivity contribution in [1.82, 2.24) is 0 Å². The standard InChI is InChI=1S/C18H17ClO/c1-14-5-6-17(12-15(14)2)13-20-18-9-7-16(8-10-18)4-3-11-19/h5-10,12H,11,13H2,1-2H3. The quantitative estimate of drug-likeness (QED) is 0.597. The van der Waals surface area contributed by atoms with E-state index < -0.39 is 0 Å². The van der Waals surface area contributed by atoms with E-state index in [4.69, 9.17) is 16.3 Å². The first kappa shape index (κ1) is 14.5. The van der Waals surface area contributed by atoms with Gasteiger partial charge in [-0.2, -0.15) is 0 Å². The summed E-state index contributed by atoms with van der Waals surface area (Å²) in [5.41, 5.74) is 4.72. The molecule has 2 aromatic carbocycles. The van der Waals surface area contributed by atoms with Crippen molar-refractivity contribution in [2.45, 2.75) is 20.5 Å². The van der Waals surface area contributed by atoms with Crippen molar-refractivity contribution in [2.24, 2.45) is 0 Å². The van der Waals surface area contributed by atoms with Crippen LogP contribution in [0.4, 0.5) is 0 Å². The number of hydrogen-bond donors (Lipinski definition) is 0. The molecular weight excluding hydrogens is 268 g/mol. The Hall–Kier alpha value is -1.91. The number of benzene rings is 2. The van der Waals surface area contributed by atoms with Crippen molar-refractivity contribution in [3.05, 3.63) is 64.7 Å². The topological polar surface area (TPSA) is 9.23 Å². The van der Waals surface area contributed by atoms with Gasteiger partial charge < -0.3 is 4.74 Å². The van der Waals surface area contributed by atoms with Crippen LogP contribution in [0.2, 0.25) is 0 Å². The van der Waals surface area contributed by atoms with E-state index in [9.17, 15) is 0 Å². The van der Waals surface area contributed by atoms with Crippen LogP contribution in [0.5, 0.6) is 5.75 Å². The number of alkyl halides is 1. The lowest BCUT2D eigenvalue weighted by molar-refractivity contribution is 0.306. The molecule has 102 valence electrons. The summed E-state index contributed by atoms with van der Waals surface area (Å²) in [6.07, 6.45) is 0. The summed E-state index contributed by atoms with van der Waals surface area (Å²) >= 11 is 5.53. The predicted molar refractivity (Wildman–Crippen MR) is 84.3 cm³/mol. The molecule has 2 rings (SSSR count). The van der Waals surface area contributed by atoms with Crippen LogP contribution in [0.15, 0.2) is 42.5 Å². The van der Waals surface area contributed by atoms with Crippen LogP contribution >= 0.6 is 11.6 Å². The maximum atomic E-state index is 5.77. The minimum atomic E-state index is 0.352. The van der Waals surface area contributed by atoms with Gasteiger partial charge in [-0.1, -0.05) is 30.0 Å². The van der Waals surface area contributed by atoms with E-state index in [1.807, 2.05) is 24.3 Å². The minimum Gasteiger partial charge on any atom is -0.489 e. The normalized spacial score (nSPS) is 9.75. The summed E-state index contributed by atoms with van der Waals surface area (Å²) in [4.78, 5) is 0. The highest BCUT2D eigenvalue weighted by molar-refractivity contribution is 6.19. The van der Waals surface area contributed by atoms with Crippen LogP contribution in [-0.4, -0.2) is 5.88 Å². The smallest absolute Gasteiger partial charge is 0.119 e. The molecule has 0 spiro atoms. The lowest BCUT2D eigenvalue weighted by atomic mass is 10.1. The monoisotopic (exact) mass is 284 g/mol. The van der Waals surface area contributed by atoms with Gasteiger partial charge in [-0.15, -0.1) is 11.6 Å². The third kappa shape index (κ3) is 4.05. The van der Waals surface area contributed by atoms with Crippen LogP contribution in [-0.2, 0) is 6.61 Å². The van der Waals surface area contributed by atoms with Gasteiger partial charge in [0.05, 0.1) is 5.88 Å². The molecule has 0 amide bonds. The lowest BCUT2D eigenvalue weighted by Gasteiger charge is -2.08. The molecule has 0 fully saturated rings. The van der Waals surface area contributed by atoms with E-state index in [0.29, 0.717) is 12.5 Å². The maximum absolute atomic E-state index is 5.77. The predicted octanol–water partition coefficient (Wildman–Crippen LogP) is 4.47. The molecular formula is C18H17ClO. The molecule has 20 heavy (non-hydrogen) atoms. The Morgan fingerprint density at radius 2 is 1.75 bits per heavy atom. The zero-order chi connectivity index (χ0) is 14.4. The Labute approximate surface area is 125 Å². The first-order chi connectivity index (χ1) is 9.69. The highest BCUT2D eigenvalue weighted by Crippen LogP contribution is 2.15. The Balaban J connectivity index is 1.98. The first-order valence-corrected chi connectivity index (χ1v) is 7.06. The van der Waals surface area contributed by atoms with Crippen molar-refractivity contribution in [1.29, 1.82) is 0 Å². The van der Waals surface area contributed by atoms with E-state index in [1.54, 1.807) is 0 Å². The molecule has 0 bridgehead atoms. The van der Waals surface area contributed by atoms with Gasteiger partial charge in [0.1, 0.15) is 12.4 Å². The van der Waals surface area contributed by atoms with Crippen LogP contribution < -0.4 is 4.74 Å². The molecule has 0 radical (unpaired) electrons. The molecule has 1 nitrogen and oxygen atoms in total. The Bertz CT molecular complexity index is 633.